The van der Waals surface area contributed by atoms with Crippen LogP contribution in [0, 0.1) is 0 Å². The van der Waals surface area contributed by atoms with Gasteiger partial charge in [-0.1, -0.05) is 0 Å². The Morgan fingerprint density at radius 3 is 2.22 bits per heavy atom. The standard InChI is InChI=1S/C4H7FO3S/c1-4(2-3-5)9(6,7)8/h2-4H,1H3,(H,6,7,8)/b3-2+. The third-order valence-corrected chi connectivity index (χ3v) is 1.91. The molecule has 0 radical (unpaired) electrons. The Morgan fingerprint density at radius 2 is 2.11 bits per heavy atom. The Hall–Kier alpha value is -0.420. The number of rotatable bonds is 2. The minimum absolute atomic E-state index is 0.0818. The van der Waals surface area contributed by atoms with Gasteiger partial charge in [-0.05, 0) is 13.0 Å². The lowest BCUT2D eigenvalue weighted by atomic mass is 10.5. The monoisotopic (exact) mass is 154 g/mol. The fourth-order valence-electron chi connectivity index (χ4n) is 0.202. The first-order chi connectivity index (χ1) is 3.98. The number of halogens is 1. The van der Waals surface area contributed by atoms with E-state index in [1.165, 1.54) is 6.92 Å². The number of hydrogen-bond acceptors (Lipinski definition) is 2. The molecule has 0 amide bonds. The van der Waals surface area contributed by atoms with E-state index in [9.17, 15) is 12.8 Å². The highest BCUT2D eigenvalue weighted by Gasteiger charge is 2.12. The molecule has 54 valence electrons. The zero-order valence-electron chi connectivity index (χ0n) is 4.78. The second-order valence-electron chi connectivity index (χ2n) is 1.54. The van der Waals surface area contributed by atoms with E-state index in [0.29, 0.717) is 0 Å². The maximum Gasteiger partial charge on any atom is 0.271 e. The van der Waals surface area contributed by atoms with Crippen LogP contribution in [0.5, 0.6) is 0 Å². The Labute approximate surface area is 52.9 Å². The van der Waals surface area contributed by atoms with Crippen LogP contribution < -0.4 is 0 Å². The first kappa shape index (κ1) is 8.58. The first-order valence-electron chi connectivity index (χ1n) is 2.21. The average molecular weight is 154 g/mol. The fraction of sp³-hybridized carbons (Fsp3) is 0.500. The SMILES string of the molecule is CC(/C=C/F)S(=O)(=O)O. The van der Waals surface area contributed by atoms with Crippen LogP contribution in [0.2, 0.25) is 0 Å². The summed E-state index contributed by atoms with van der Waals surface area (Å²) in [6.07, 6.45) is 0.827. The summed E-state index contributed by atoms with van der Waals surface area (Å²) in [6, 6.07) is 0. The molecule has 5 heteroatoms. The van der Waals surface area contributed by atoms with Crippen molar-refractivity contribution in [1.29, 1.82) is 0 Å². The smallest absolute Gasteiger partial charge is 0.271 e. The van der Waals surface area contributed by atoms with Crippen LogP contribution in [0.4, 0.5) is 4.39 Å². The van der Waals surface area contributed by atoms with Crippen molar-refractivity contribution in [3.63, 3.8) is 0 Å². The van der Waals surface area contributed by atoms with Gasteiger partial charge in [0.1, 0.15) is 5.25 Å². The number of hydrogen-bond donors (Lipinski definition) is 1. The van der Waals surface area contributed by atoms with Crippen LogP contribution in [0.3, 0.4) is 0 Å². The van der Waals surface area contributed by atoms with Crippen molar-refractivity contribution in [2.45, 2.75) is 12.2 Å². The molecule has 0 aliphatic carbocycles. The fourth-order valence-corrected chi connectivity index (χ4v) is 0.460. The Balaban J connectivity index is 4.24. The predicted molar refractivity (Wildman–Crippen MR) is 31.3 cm³/mol. The summed E-state index contributed by atoms with van der Waals surface area (Å²) in [5.41, 5.74) is 0. The molecule has 0 aromatic rings. The van der Waals surface area contributed by atoms with Gasteiger partial charge in [0, 0.05) is 0 Å². The van der Waals surface area contributed by atoms with E-state index < -0.39 is 15.4 Å². The molecule has 0 fully saturated rings. The Morgan fingerprint density at radius 1 is 1.67 bits per heavy atom. The largest absolute Gasteiger partial charge is 0.285 e. The van der Waals surface area contributed by atoms with Crippen LogP contribution in [-0.4, -0.2) is 18.2 Å². The Bertz CT molecular complexity index is 194. The molecule has 0 spiro atoms. The maximum absolute atomic E-state index is 11.2. The van der Waals surface area contributed by atoms with E-state index in [0.717, 1.165) is 6.08 Å². The van der Waals surface area contributed by atoms with Crippen molar-refractivity contribution >= 4 is 10.1 Å². The van der Waals surface area contributed by atoms with Crippen LogP contribution in [-0.2, 0) is 10.1 Å². The van der Waals surface area contributed by atoms with E-state index in [1.807, 2.05) is 0 Å². The molecule has 1 N–H and O–H groups in total. The molecule has 0 rings (SSSR count). The lowest BCUT2D eigenvalue weighted by Crippen LogP contribution is -2.12. The summed E-state index contributed by atoms with van der Waals surface area (Å²) in [4.78, 5) is 0. The normalized spacial score (nSPS) is 16.3. The highest BCUT2D eigenvalue weighted by molar-refractivity contribution is 7.86. The summed E-state index contributed by atoms with van der Waals surface area (Å²) in [7, 11) is -4.09. The molecule has 1 unspecified atom stereocenters. The second-order valence-corrected chi connectivity index (χ2v) is 3.31. The molecule has 0 heterocycles. The summed E-state index contributed by atoms with van der Waals surface area (Å²) < 4.78 is 39.5. The van der Waals surface area contributed by atoms with Crippen molar-refractivity contribution in [2.75, 3.05) is 0 Å². The van der Waals surface area contributed by atoms with Crippen molar-refractivity contribution in [2.24, 2.45) is 0 Å². The minimum atomic E-state index is -4.09. The van der Waals surface area contributed by atoms with E-state index in [1.54, 1.807) is 0 Å². The van der Waals surface area contributed by atoms with E-state index >= 15 is 0 Å². The predicted octanol–water partition coefficient (Wildman–Crippen LogP) is 0.746. The zero-order chi connectivity index (χ0) is 7.49. The third-order valence-electron chi connectivity index (χ3n) is 0.814. The quantitative estimate of drug-likeness (QED) is 0.597. The molecule has 0 saturated carbocycles. The van der Waals surface area contributed by atoms with Gasteiger partial charge in [0.25, 0.3) is 10.1 Å². The van der Waals surface area contributed by atoms with Crippen molar-refractivity contribution in [3.05, 3.63) is 12.4 Å². The van der Waals surface area contributed by atoms with Crippen LogP contribution >= 0.6 is 0 Å². The molecule has 0 aromatic heterocycles. The highest BCUT2D eigenvalue weighted by Crippen LogP contribution is 1.98. The second kappa shape index (κ2) is 2.93. The minimum Gasteiger partial charge on any atom is -0.285 e. The highest BCUT2D eigenvalue weighted by atomic mass is 32.2. The molecular formula is C4H7FO3S. The van der Waals surface area contributed by atoms with Crippen LogP contribution in [0.25, 0.3) is 0 Å². The van der Waals surface area contributed by atoms with Crippen molar-refractivity contribution in [1.82, 2.24) is 0 Å². The molecular weight excluding hydrogens is 147 g/mol. The molecule has 1 atom stereocenters. The molecule has 3 nitrogen and oxygen atoms in total. The average Bonchev–Trinajstić information content (AvgIpc) is 1.64. The summed E-state index contributed by atoms with van der Waals surface area (Å²) in [6.45, 7) is 1.17. The van der Waals surface area contributed by atoms with Gasteiger partial charge in [-0.3, -0.25) is 4.55 Å². The maximum atomic E-state index is 11.2. The van der Waals surface area contributed by atoms with Gasteiger partial charge in [0.2, 0.25) is 0 Å². The third kappa shape index (κ3) is 3.21. The summed E-state index contributed by atoms with van der Waals surface area (Å²) in [5.74, 6) is 0. The lowest BCUT2D eigenvalue weighted by molar-refractivity contribution is 0.477. The van der Waals surface area contributed by atoms with Crippen LogP contribution in [0.1, 0.15) is 6.92 Å². The zero-order valence-corrected chi connectivity index (χ0v) is 5.60. The van der Waals surface area contributed by atoms with Gasteiger partial charge in [-0.25, -0.2) is 4.39 Å². The first-order valence-corrected chi connectivity index (χ1v) is 3.72. The van der Waals surface area contributed by atoms with Crippen molar-refractivity contribution < 1.29 is 17.4 Å². The molecule has 0 aliphatic rings. The van der Waals surface area contributed by atoms with Crippen LogP contribution in [0.15, 0.2) is 12.4 Å². The lowest BCUT2D eigenvalue weighted by Gasteiger charge is -1.97. The van der Waals surface area contributed by atoms with Gasteiger partial charge in [-0.15, -0.1) is 0 Å². The Kier molecular flexibility index (Phi) is 2.80. The molecule has 0 aliphatic heterocycles. The summed E-state index contributed by atoms with van der Waals surface area (Å²) in [5, 5.41) is -1.16. The van der Waals surface area contributed by atoms with Gasteiger partial charge in [0.05, 0.1) is 6.33 Å². The van der Waals surface area contributed by atoms with Crippen molar-refractivity contribution in [3.8, 4) is 0 Å². The van der Waals surface area contributed by atoms with E-state index in [2.05, 4.69) is 0 Å². The summed E-state index contributed by atoms with van der Waals surface area (Å²) >= 11 is 0. The van der Waals surface area contributed by atoms with Gasteiger partial charge < -0.3 is 0 Å². The molecule has 0 bridgehead atoms. The molecule has 0 aromatic carbocycles. The van der Waals surface area contributed by atoms with Gasteiger partial charge >= 0.3 is 0 Å². The topological polar surface area (TPSA) is 54.4 Å². The van der Waals surface area contributed by atoms with E-state index in [-0.39, 0.29) is 6.33 Å². The molecule has 9 heavy (non-hydrogen) atoms. The van der Waals surface area contributed by atoms with Gasteiger partial charge in [-0.2, -0.15) is 8.42 Å². The molecule has 0 saturated heterocycles. The van der Waals surface area contributed by atoms with Gasteiger partial charge in [0.15, 0.2) is 0 Å². The van der Waals surface area contributed by atoms with E-state index in [4.69, 9.17) is 4.55 Å².